The Morgan fingerprint density at radius 2 is 2.20 bits per heavy atom. The van der Waals surface area contributed by atoms with E-state index in [1.54, 1.807) is 11.8 Å². The van der Waals surface area contributed by atoms with E-state index in [1.807, 2.05) is 24.3 Å². The van der Waals surface area contributed by atoms with Gasteiger partial charge in [0.15, 0.2) is 0 Å². The first-order chi connectivity index (χ1) is 7.33. The number of rotatable bonds is 7. The van der Waals surface area contributed by atoms with Gasteiger partial charge in [0.25, 0.3) is 0 Å². The number of nitrogen functional groups attached to an aromatic ring is 1. The summed E-state index contributed by atoms with van der Waals surface area (Å²) in [5.41, 5.74) is 6.34. The van der Waals surface area contributed by atoms with Crippen molar-refractivity contribution >= 4 is 17.4 Å². The summed E-state index contributed by atoms with van der Waals surface area (Å²) in [6.45, 7) is 0.947. The summed E-state index contributed by atoms with van der Waals surface area (Å²) in [6, 6.07) is 7.43. The first-order valence-electron chi connectivity index (χ1n) is 5.00. The van der Waals surface area contributed by atoms with Crippen molar-refractivity contribution in [2.24, 2.45) is 0 Å². The minimum atomic E-state index is 0.267. The zero-order valence-electron chi connectivity index (χ0n) is 8.69. The molecule has 1 aromatic carbocycles. The zero-order chi connectivity index (χ0) is 10.9. The number of benzene rings is 1. The lowest BCUT2D eigenvalue weighted by atomic mass is 10.3. The first kappa shape index (κ1) is 12.2. The van der Waals surface area contributed by atoms with E-state index in [4.69, 9.17) is 15.6 Å². The van der Waals surface area contributed by atoms with E-state index < -0.39 is 0 Å². The van der Waals surface area contributed by atoms with Gasteiger partial charge in [-0.05, 0) is 24.3 Å². The average molecular weight is 227 g/mol. The van der Waals surface area contributed by atoms with Gasteiger partial charge in [-0.1, -0.05) is 6.07 Å². The molecule has 0 atom stereocenters. The lowest BCUT2D eigenvalue weighted by Crippen LogP contribution is -2.01. The van der Waals surface area contributed by atoms with Crippen LogP contribution in [0.5, 0.6) is 5.75 Å². The van der Waals surface area contributed by atoms with Crippen molar-refractivity contribution in [3.63, 3.8) is 0 Å². The number of ether oxygens (including phenoxy) is 1. The van der Waals surface area contributed by atoms with Gasteiger partial charge in [0, 0.05) is 24.1 Å². The van der Waals surface area contributed by atoms with Gasteiger partial charge < -0.3 is 15.6 Å². The molecule has 0 spiro atoms. The van der Waals surface area contributed by atoms with Crippen molar-refractivity contribution in [1.82, 2.24) is 0 Å². The first-order valence-corrected chi connectivity index (χ1v) is 6.15. The summed E-state index contributed by atoms with van der Waals surface area (Å²) < 4.78 is 5.50. The van der Waals surface area contributed by atoms with Gasteiger partial charge in [0.2, 0.25) is 0 Å². The van der Waals surface area contributed by atoms with Gasteiger partial charge in [0.05, 0.1) is 6.61 Å². The fraction of sp³-hybridized carbons (Fsp3) is 0.455. The highest BCUT2D eigenvalue weighted by molar-refractivity contribution is 7.99. The molecule has 15 heavy (non-hydrogen) atoms. The maximum atomic E-state index is 8.57. The summed E-state index contributed by atoms with van der Waals surface area (Å²) in [7, 11) is 0. The molecular weight excluding hydrogens is 210 g/mol. The monoisotopic (exact) mass is 227 g/mol. The summed E-state index contributed by atoms with van der Waals surface area (Å²) in [5.74, 6) is 2.74. The summed E-state index contributed by atoms with van der Waals surface area (Å²) in [6.07, 6.45) is 0.850. The van der Waals surface area contributed by atoms with E-state index in [1.165, 1.54) is 0 Å². The SMILES string of the molecule is Nc1cccc(OCCSCCCO)c1. The molecule has 0 unspecified atom stereocenters. The molecule has 0 aliphatic rings. The smallest absolute Gasteiger partial charge is 0.121 e. The number of aliphatic hydroxyl groups excluding tert-OH is 1. The van der Waals surface area contributed by atoms with Crippen LogP contribution in [0, 0.1) is 0 Å². The Kier molecular flexibility index (Phi) is 6.04. The van der Waals surface area contributed by atoms with Crippen molar-refractivity contribution in [3.05, 3.63) is 24.3 Å². The van der Waals surface area contributed by atoms with Gasteiger partial charge in [-0.15, -0.1) is 0 Å². The quantitative estimate of drug-likeness (QED) is 0.550. The second-order valence-electron chi connectivity index (χ2n) is 3.11. The molecule has 3 N–H and O–H groups in total. The molecule has 0 aromatic heterocycles. The van der Waals surface area contributed by atoms with E-state index in [2.05, 4.69) is 0 Å². The predicted octanol–water partition coefficient (Wildman–Crippen LogP) is 1.76. The third kappa shape index (κ3) is 5.54. The topological polar surface area (TPSA) is 55.5 Å². The molecule has 4 heteroatoms. The zero-order valence-corrected chi connectivity index (χ0v) is 9.50. The minimum Gasteiger partial charge on any atom is -0.493 e. The number of aliphatic hydroxyl groups is 1. The standard InChI is InChI=1S/C11H17NO2S/c12-10-3-1-4-11(9-10)14-6-8-15-7-2-5-13/h1,3-4,9,13H,2,5-8,12H2. The highest BCUT2D eigenvalue weighted by atomic mass is 32.2. The molecule has 0 bridgehead atoms. The van der Waals surface area contributed by atoms with Crippen LogP contribution in [-0.2, 0) is 0 Å². The minimum absolute atomic E-state index is 0.267. The molecular formula is C11H17NO2S. The number of hydrogen-bond acceptors (Lipinski definition) is 4. The van der Waals surface area contributed by atoms with Crippen LogP contribution in [0.4, 0.5) is 5.69 Å². The lowest BCUT2D eigenvalue weighted by molar-refractivity contribution is 0.296. The van der Waals surface area contributed by atoms with Gasteiger partial charge >= 0.3 is 0 Å². The third-order valence-electron chi connectivity index (χ3n) is 1.80. The molecule has 0 fully saturated rings. The van der Waals surface area contributed by atoms with Crippen molar-refractivity contribution in [2.45, 2.75) is 6.42 Å². The molecule has 0 saturated carbocycles. The van der Waals surface area contributed by atoms with Crippen LogP contribution in [0.1, 0.15) is 6.42 Å². The van der Waals surface area contributed by atoms with Gasteiger partial charge in [-0.2, -0.15) is 11.8 Å². The van der Waals surface area contributed by atoms with E-state index >= 15 is 0 Å². The Morgan fingerprint density at radius 3 is 2.93 bits per heavy atom. The van der Waals surface area contributed by atoms with Crippen LogP contribution < -0.4 is 10.5 Å². The molecule has 0 heterocycles. The molecule has 1 rings (SSSR count). The summed E-state index contributed by atoms with van der Waals surface area (Å²) >= 11 is 1.79. The van der Waals surface area contributed by atoms with Gasteiger partial charge in [-0.3, -0.25) is 0 Å². The highest BCUT2D eigenvalue weighted by Crippen LogP contribution is 2.14. The van der Waals surface area contributed by atoms with Crippen LogP contribution >= 0.6 is 11.8 Å². The van der Waals surface area contributed by atoms with E-state index in [0.717, 1.165) is 29.4 Å². The number of anilines is 1. The Bertz CT molecular complexity index is 281. The molecule has 0 aliphatic heterocycles. The molecule has 0 radical (unpaired) electrons. The number of hydrogen-bond donors (Lipinski definition) is 2. The molecule has 0 saturated heterocycles. The molecule has 3 nitrogen and oxygen atoms in total. The molecule has 0 aliphatic carbocycles. The van der Waals surface area contributed by atoms with E-state index in [0.29, 0.717) is 6.61 Å². The Labute approximate surface area is 94.6 Å². The van der Waals surface area contributed by atoms with Crippen LogP contribution in [-0.4, -0.2) is 29.8 Å². The maximum Gasteiger partial charge on any atom is 0.121 e. The summed E-state index contributed by atoms with van der Waals surface area (Å²) in [4.78, 5) is 0. The normalized spacial score (nSPS) is 10.2. The molecule has 84 valence electrons. The second-order valence-corrected chi connectivity index (χ2v) is 4.34. The Morgan fingerprint density at radius 1 is 1.33 bits per heavy atom. The number of nitrogens with two attached hydrogens (primary N) is 1. The van der Waals surface area contributed by atoms with E-state index in [-0.39, 0.29) is 6.61 Å². The van der Waals surface area contributed by atoms with Crippen LogP contribution in [0.2, 0.25) is 0 Å². The van der Waals surface area contributed by atoms with Crippen LogP contribution in [0.15, 0.2) is 24.3 Å². The molecule has 0 amide bonds. The fourth-order valence-corrected chi connectivity index (χ4v) is 1.83. The second kappa shape index (κ2) is 7.43. The van der Waals surface area contributed by atoms with Crippen LogP contribution in [0.3, 0.4) is 0 Å². The van der Waals surface area contributed by atoms with Gasteiger partial charge in [0.1, 0.15) is 5.75 Å². The van der Waals surface area contributed by atoms with Crippen molar-refractivity contribution in [2.75, 3.05) is 30.5 Å². The maximum absolute atomic E-state index is 8.57. The lowest BCUT2D eigenvalue weighted by Gasteiger charge is -2.06. The summed E-state index contributed by atoms with van der Waals surface area (Å²) in [5, 5.41) is 8.57. The van der Waals surface area contributed by atoms with Crippen molar-refractivity contribution in [1.29, 1.82) is 0 Å². The Balaban J connectivity index is 2.10. The van der Waals surface area contributed by atoms with E-state index in [9.17, 15) is 0 Å². The number of thioether (sulfide) groups is 1. The predicted molar refractivity (Wildman–Crippen MR) is 65.4 cm³/mol. The fourth-order valence-electron chi connectivity index (χ4n) is 1.09. The molecule has 1 aromatic rings. The van der Waals surface area contributed by atoms with Crippen molar-refractivity contribution < 1.29 is 9.84 Å². The van der Waals surface area contributed by atoms with Crippen molar-refractivity contribution in [3.8, 4) is 5.75 Å². The Hall–Kier alpha value is -0.870. The van der Waals surface area contributed by atoms with Gasteiger partial charge in [-0.25, -0.2) is 0 Å². The largest absolute Gasteiger partial charge is 0.493 e. The average Bonchev–Trinajstić information content (AvgIpc) is 2.23. The highest BCUT2D eigenvalue weighted by Gasteiger charge is 1.94. The van der Waals surface area contributed by atoms with Crippen LogP contribution in [0.25, 0.3) is 0 Å². The third-order valence-corrected chi connectivity index (χ3v) is 2.83.